The number of hydrogen-bond donors (Lipinski definition) is 1. The van der Waals surface area contributed by atoms with Crippen molar-refractivity contribution >= 4 is 69.2 Å². The molecule has 0 aliphatic rings. The molecule has 0 aliphatic carbocycles. The van der Waals surface area contributed by atoms with E-state index in [2.05, 4.69) is 39.1 Å². The fourth-order valence-corrected chi connectivity index (χ4v) is 7.03. The van der Waals surface area contributed by atoms with Crippen LogP contribution in [0, 0.1) is 0 Å². The molecule has 0 spiro atoms. The standard InChI is InChI=1S/C36H22BrNS/c37-31-21-30-28-13-7-8-14-33(28)39-36(30)34-29-16-15-24(20-32(29)38-35(31)34)27-18-25(22-9-3-1-4-10-22)17-26(19-27)23-11-5-2-6-12-23/h1-21,38H/i1D,2D,3D,4D,5D,6D,9D,10D,11D,12D. The van der Waals surface area contributed by atoms with Crippen LogP contribution in [0.4, 0.5) is 0 Å². The van der Waals surface area contributed by atoms with Crippen LogP contribution in [0.25, 0.3) is 75.4 Å². The summed E-state index contributed by atoms with van der Waals surface area (Å²) in [5, 5.41) is 4.42. The van der Waals surface area contributed by atoms with Crippen molar-refractivity contribution in [2.75, 3.05) is 0 Å². The predicted octanol–water partition coefficient (Wildman–Crippen LogP) is 11.5. The fourth-order valence-electron chi connectivity index (χ4n) is 5.26. The molecule has 0 fully saturated rings. The minimum atomic E-state index is -0.524. The van der Waals surface area contributed by atoms with Crippen LogP contribution >= 0.6 is 27.3 Å². The first-order valence-corrected chi connectivity index (χ1v) is 13.8. The van der Waals surface area contributed by atoms with Crippen LogP contribution in [0.1, 0.15) is 13.7 Å². The Morgan fingerprint density at radius 3 is 1.92 bits per heavy atom. The summed E-state index contributed by atoms with van der Waals surface area (Å²) in [5.74, 6) is 0. The number of thiophene rings is 1. The molecule has 8 rings (SSSR count). The highest BCUT2D eigenvalue weighted by molar-refractivity contribution is 9.10. The zero-order chi connectivity index (χ0) is 34.6. The van der Waals surface area contributed by atoms with Crippen molar-refractivity contribution in [2.24, 2.45) is 0 Å². The van der Waals surface area contributed by atoms with E-state index in [-0.39, 0.29) is 22.3 Å². The quantitative estimate of drug-likeness (QED) is 0.211. The maximum Gasteiger partial charge on any atom is 0.0629 e. The van der Waals surface area contributed by atoms with Crippen molar-refractivity contribution in [1.82, 2.24) is 4.98 Å². The lowest BCUT2D eigenvalue weighted by atomic mass is 9.93. The number of rotatable bonds is 3. The molecule has 0 atom stereocenters. The van der Waals surface area contributed by atoms with Gasteiger partial charge in [0.2, 0.25) is 0 Å². The molecule has 1 nitrogen and oxygen atoms in total. The molecule has 6 aromatic carbocycles. The Kier molecular flexibility index (Phi) is 3.40. The summed E-state index contributed by atoms with van der Waals surface area (Å²) in [6.07, 6.45) is 0. The predicted molar refractivity (Wildman–Crippen MR) is 173 cm³/mol. The van der Waals surface area contributed by atoms with Crippen LogP contribution in [-0.2, 0) is 0 Å². The van der Waals surface area contributed by atoms with Gasteiger partial charge in [-0.15, -0.1) is 11.3 Å². The molecule has 0 saturated heterocycles. The number of benzene rings is 6. The maximum absolute atomic E-state index is 8.66. The summed E-state index contributed by atoms with van der Waals surface area (Å²) >= 11 is 5.51. The van der Waals surface area contributed by atoms with Crippen molar-refractivity contribution < 1.29 is 13.7 Å². The van der Waals surface area contributed by atoms with Gasteiger partial charge in [0.05, 0.1) is 19.2 Å². The van der Waals surface area contributed by atoms with E-state index in [9.17, 15) is 0 Å². The Bertz CT molecular complexity index is 2600. The molecule has 2 aromatic heterocycles. The topological polar surface area (TPSA) is 15.8 Å². The third-order valence-corrected chi connectivity index (χ3v) is 8.84. The summed E-state index contributed by atoms with van der Waals surface area (Å²) in [6, 6.07) is 16.6. The number of aromatic nitrogens is 1. The molecular formula is C36H22BrNS. The van der Waals surface area contributed by atoms with E-state index in [1.165, 1.54) is 16.2 Å². The summed E-state index contributed by atoms with van der Waals surface area (Å²) in [5.41, 5.74) is 3.47. The Morgan fingerprint density at radius 1 is 0.590 bits per heavy atom. The fraction of sp³-hybridized carbons (Fsp3) is 0. The van der Waals surface area contributed by atoms with Gasteiger partial charge in [0, 0.05) is 40.9 Å². The van der Waals surface area contributed by atoms with Crippen molar-refractivity contribution in [2.45, 2.75) is 0 Å². The average molecular weight is 591 g/mol. The molecule has 0 radical (unpaired) electrons. The van der Waals surface area contributed by atoms with Crippen molar-refractivity contribution in [3.63, 3.8) is 0 Å². The highest BCUT2D eigenvalue weighted by atomic mass is 79.9. The van der Waals surface area contributed by atoms with Gasteiger partial charge in [-0.25, -0.2) is 0 Å². The molecule has 0 saturated carbocycles. The zero-order valence-corrected chi connectivity index (χ0v) is 22.5. The number of nitrogens with one attached hydrogen (secondary N) is 1. The minimum Gasteiger partial charge on any atom is -0.354 e. The zero-order valence-electron chi connectivity index (χ0n) is 30.1. The minimum absolute atomic E-state index is 0.0516. The Morgan fingerprint density at radius 2 is 1.23 bits per heavy atom. The van der Waals surface area contributed by atoms with E-state index < -0.39 is 60.4 Å². The van der Waals surface area contributed by atoms with Gasteiger partial charge in [-0.05, 0) is 85.7 Å². The molecule has 1 N–H and O–H groups in total. The molecule has 0 bridgehead atoms. The maximum atomic E-state index is 8.66. The SMILES string of the molecule is [2H]c1c([2H])c([2H])c(-c2cc(-c3ccc4c(c3)[nH]c3c(Br)cc5c6ccccc6sc5c34)cc(-c3c([2H])c([2H])c([2H])c([2H])c3[2H])c2)c([2H])c1[2H]. The third kappa shape index (κ3) is 3.73. The van der Waals surface area contributed by atoms with Gasteiger partial charge in [0.15, 0.2) is 0 Å². The second kappa shape index (κ2) is 8.94. The summed E-state index contributed by atoms with van der Waals surface area (Å²) < 4.78 is 87.2. The number of H-pyrrole nitrogens is 1. The van der Waals surface area contributed by atoms with Gasteiger partial charge >= 0.3 is 0 Å². The van der Waals surface area contributed by atoms with Crippen LogP contribution < -0.4 is 0 Å². The first-order valence-electron chi connectivity index (χ1n) is 17.2. The molecule has 3 heteroatoms. The molecule has 39 heavy (non-hydrogen) atoms. The van der Waals surface area contributed by atoms with Gasteiger partial charge in [0.25, 0.3) is 0 Å². The van der Waals surface area contributed by atoms with Crippen LogP contribution in [0.5, 0.6) is 0 Å². The lowest BCUT2D eigenvalue weighted by Crippen LogP contribution is -1.86. The third-order valence-electron chi connectivity index (χ3n) is 7.01. The van der Waals surface area contributed by atoms with Crippen LogP contribution in [0.3, 0.4) is 0 Å². The smallest absolute Gasteiger partial charge is 0.0629 e. The summed E-state index contributed by atoms with van der Waals surface area (Å²) in [6.45, 7) is 0. The molecule has 0 aliphatic heterocycles. The Labute approximate surface area is 252 Å². The van der Waals surface area contributed by atoms with E-state index in [4.69, 9.17) is 13.7 Å². The molecule has 8 aromatic rings. The van der Waals surface area contributed by atoms with Crippen LogP contribution in [0.2, 0.25) is 0 Å². The first-order chi connectivity index (χ1) is 23.4. The Hall–Kier alpha value is -4.18. The number of hydrogen-bond acceptors (Lipinski definition) is 1. The summed E-state index contributed by atoms with van der Waals surface area (Å²) in [7, 11) is 0. The first kappa shape index (κ1) is 14.8. The monoisotopic (exact) mass is 589 g/mol. The Balaban J connectivity index is 1.42. The van der Waals surface area contributed by atoms with Gasteiger partial charge < -0.3 is 4.98 Å². The van der Waals surface area contributed by atoms with E-state index in [1.807, 2.05) is 30.3 Å². The van der Waals surface area contributed by atoms with Gasteiger partial charge in [-0.3, -0.25) is 0 Å². The van der Waals surface area contributed by atoms with Crippen molar-refractivity contribution in [3.8, 4) is 33.4 Å². The van der Waals surface area contributed by atoms with E-state index >= 15 is 0 Å². The lowest BCUT2D eigenvalue weighted by Gasteiger charge is -2.11. The number of fused-ring (bicyclic) bond motifs is 7. The number of aromatic amines is 1. The molecule has 184 valence electrons. The van der Waals surface area contributed by atoms with Crippen molar-refractivity contribution in [1.29, 1.82) is 0 Å². The van der Waals surface area contributed by atoms with Crippen molar-refractivity contribution in [3.05, 3.63) is 132 Å². The largest absolute Gasteiger partial charge is 0.354 e. The van der Waals surface area contributed by atoms with Crippen LogP contribution in [-0.4, -0.2) is 4.98 Å². The van der Waals surface area contributed by atoms with E-state index in [1.54, 1.807) is 23.5 Å². The van der Waals surface area contributed by atoms with Crippen LogP contribution in [0.15, 0.2) is 132 Å². The van der Waals surface area contributed by atoms with E-state index in [0.717, 1.165) is 36.4 Å². The second-order valence-electron chi connectivity index (χ2n) is 9.27. The van der Waals surface area contributed by atoms with Gasteiger partial charge in [-0.2, -0.15) is 0 Å². The lowest BCUT2D eigenvalue weighted by molar-refractivity contribution is 1.53. The average Bonchev–Trinajstić information content (AvgIpc) is 3.67. The highest BCUT2D eigenvalue weighted by Crippen LogP contribution is 2.44. The normalized spacial score (nSPS) is 15.3. The van der Waals surface area contributed by atoms with Gasteiger partial charge in [0.1, 0.15) is 0 Å². The van der Waals surface area contributed by atoms with E-state index in [0.29, 0.717) is 11.1 Å². The molecule has 2 heterocycles. The highest BCUT2D eigenvalue weighted by Gasteiger charge is 2.16. The molecule has 0 amide bonds. The molecule has 0 unspecified atom stereocenters. The second-order valence-corrected chi connectivity index (χ2v) is 11.2. The van der Waals surface area contributed by atoms with Gasteiger partial charge in [-0.1, -0.05) is 90.8 Å². The molecular weight excluding hydrogens is 558 g/mol. The summed E-state index contributed by atoms with van der Waals surface area (Å²) in [4.78, 5) is 3.56. The number of halogens is 1.